The van der Waals surface area contributed by atoms with E-state index in [1.54, 1.807) is 0 Å². The molecule has 1 N–H and O–H groups in total. The van der Waals surface area contributed by atoms with E-state index in [9.17, 15) is 0 Å². The van der Waals surface area contributed by atoms with Crippen LogP contribution in [-0.2, 0) is 0 Å². The van der Waals surface area contributed by atoms with Gasteiger partial charge in [0, 0.05) is 15.0 Å². The van der Waals surface area contributed by atoms with Crippen molar-refractivity contribution in [2.45, 2.75) is 25.8 Å². The van der Waals surface area contributed by atoms with E-state index in [4.69, 9.17) is 0 Å². The molecule has 0 aromatic heterocycles. The minimum atomic E-state index is 0.622. The smallest absolute Gasteiger partial charge is 0.0631 e. The molecule has 1 saturated heterocycles. The van der Waals surface area contributed by atoms with Crippen molar-refractivity contribution < 1.29 is 0 Å². The Morgan fingerprint density at radius 2 is 1.75 bits per heavy atom. The second-order valence-corrected chi connectivity index (χ2v) is 7.07. The number of rotatable bonds is 2. The fourth-order valence-corrected chi connectivity index (χ4v) is 4.63. The summed E-state index contributed by atoms with van der Waals surface area (Å²) in [4.78, 5) is 0. The predicted molar refractivity (Wildman–Crippen MR) is 80.5 cm³/mol. The summed E-state index contributed by atoms with van der Waals surface area (Å²) in [6.45, 7) is 2.11. The van der Waals surface area contributed by atoms with Crippen molar-refractivity contribution in [1.29, 1.82) is 0 Å². The highest BCUT2D eigenvalue weighted by atomic mass is 79.9. The van der Waals surface area contributed by atoms with Gasteiger partial charge in [0.15, 0.2) is 0 Å². The lowest BCUT2D eigenvalue weighted by Gasteiger charge is -2.25. The summed E-state index contributed by atoms with van der Waals surface area (Å²) in [5, 5.41) is 3.64. The van der Waals surface area contributed by atoms with Gasteiger partial charge in [-0.25, -0.2) is 0 Å². The van der Waals surface area contributed by atoms with Gasteiger partial charge in [-0.15, -0.1) is 0 Å². The van der Waals surface area contributed by atoms with E-state index in [-0.39, 0.29) is 0 Å². The van der Waals surface area contributed by atoms with Crippen molar-refractivity contribution in [2.24, 2.45) is 0 Å². The van der Waals surface area contributed by atoms with Crippen LogP contribution in [0.15, 0.2) is 21.1 Å². The van der Waals surface area contributed by atoms with Crippen LogP contribution in [0.3, 0.4) is 0 Å². The summed E-state index contributed by atoms with van der Waals surface area (Å²) in [7, 11) is 0. The van der Waals surface area contributed by atoms with Crippen molar-refractivity contribution in [3.8, 4) is 0 Å². The standard InChI is InChI=1S/C12H15Br2NS/c1-8-6-10(13)12(11(14)7-8)15-9-2-4-16-5-3-9/h6-7,9,15H,2-5H2,1H3. The summed E-state index contributed by atoms with van der Waals surface area (Å²) >= 11 is 9.31. The van der Waals surface area contributed by atoms with Crippen LogP contribution in [0.1, 0.15) is 18.4 Å². The third-order valence-electron chi connectivity index (χ3n) is 2.76. The summed E-state index contributed by atoms with van der Waals surface area (Å²) in [6, 6.07) is 4.94. The van der Waals surface area contributed by atoms with Gasteiger partial charge >= 0.3 is 0 Å². The molecule has 1 aromatic rings. The molecule has 0 atom stereocenters. The van der Waals surface area contributed by atoms with E-state index < -0.39 is 0 Å². The second kappa shape index (κ2) is 5.78. The number of nitrogens with one attached hydrogen (secondary N) is 1. The second-order valence-electron chi connectivity index (χ2n) is 4.13. The maximum Gasteiger partial charge on any atom is 0.0631 e. The van der Waals surface area contributed by atoms with Crippen LogP contribution >= 0.6 is 43.6 Å². The van der Waals surface area contributed by atoms with Crippen LogP contribution in [0.4, 0.5) is 5.69 Å². The van der Waals surface area contributed by atoms with E-state index in [1.807, 2.05) is 0 Å². The molecule has 0 spiro atoms. The average molecular weight is 365 g/mol. The monoisotopic (exact) mass is 363 g/mol. The molecular formula is C12H15Br2NS. The van der Waals surface area contributed by atoms with Crippen LogP contribution in [0, 0.1) is 6.92 Å². The van der Waals surface area contributed by atoms with Gasteiger partial charge in [-0.3, -0.25) is 0 Å². The Hall–Kier alpha value is 0.330. The normalized spacial score (nSPS) is 17.4. The van der Waals surface area contributed by atoms with Crippen LogP contribution in [-0.4, -0.2) is 17.5 Å². The van der Waals surface area contributed by atoms with Crippen LogP contribution in [0.2, 0.25) is 0 Å². The first-order valence-electron chi connectivity index (χ1n) is 5.47. The summed E-state index contributed by atoms with van der Waals surface area (Å²) in [5.74, 6) is 2.55. The SMILES string of the molecule is Cc1cc(Br)c(NC2CCSCC2)c(Br)c1. The first-order chi connectivity index (χ1) is 7.66. The quantitative estimate of drug-likeness (QED) is 0.806. The molecule has 16 heavy (non-hydrogen) atoms. The maximum absolute atomic E-state index is 3.64. The molecule has 1 heterocycles. The molecule has 0 amide bonds. The number of hydrogen-bond acceptors (Lipinski definition) is 2. The molecule has 0 aliphatic carbocycles. The third-order valence-corrected chi connectivity index (χ3v) is 5.06. The molecule has 1 fully saturated rings. The Kier molecular flexibility index (Phi) is 4.62. The minimum Gasteiger partial charge on any atom is -0.380 e. The molecule has 0 saturated carbocycles. The van der Waals surface area contributed by atoms with Gasteiger partial charge in [-0.2, -0.15) is 11.8 Å². The zero-order chi connectivity index (χ0) is 11.5. The number of halogens is 2. The number of benzene rings is 1. The Morgan fingerprint density at radius 3 is 2.31 bits per heavy atom. The molecule has 88 valence electrons. The molecule has 2 rings (SSSR count). The van der Waals surface area contributed by atoms with Gasteiger partial charge in [-0.1, -0.05) is 0 Å². The van der Waals surface area contributed by atoms with Crippen LogP contribution in [0.25, 0.3) is 0 Å². The zero-order valence-electron chi connectivity index (χ0n) is 9.22. The number of aryl methyl sites for hydroxylation is 1. The summed E-state index contributed by atoms with van der Waals surface area (Å²) < 4.78 is 2.30. The number of thioether (sulfide) groups is 1. The molecule has 1 aliphatic heterocycles. The minimum absolute atomic E-state index is 0.622. The maximum atomic E-state index is 3.64. The summed E-state index contributed by atoms with van der Waals surface area (Å²) in [6.07, 6.45) is 2.52. The molecule has 1 nitrogen and oxygen atoms in total. The zero-order valence-corrected chi connectivity index (χ0v) is 13.2. The van der Waals surface area contributed by atoms with Crippen LogP contribution < -0.4 is 5.32 Å². The van der Waals surface area contributed by atoms with Crippen molar-refractivity contribution in [2.75, 3.05) is 16.8 Å². The highest BCUT2D eigenvalue weighted by Crippen LogP contribution is 2.34. The van der Waals surface area contributed by atoms with Gasteiger partial charge < -0.3 is 5.32 Å². The lowest BCUT2D eigenvalue weighted by Crippen LogP contribution is -2.24. The predicted octanol–water partition coefficient (Wildman–Crippen LogP) is 4.83. The first kappa shape index (κ1) is 12.8. The molecule has 1 aromatic carbocycles. The van der Waals surface area contributed by atoms with Crippen molar-refractivity contribution in [3.05, 3.63) is 26.6 Å². The lowest BCUT2D eigenvalue weighted by molar-refractivity contribution is 0.666. The van der Waals surface area contributed by atoms with E-state index in [0.29, 0.717) is 6.04 Å². The first-order valence-corrected chi connectivity index (χ1v) is 8.21. The Balaban J connectivity index is 2.14. The molecule has 0 bridgehead atoms. The molecule has 4 heteroatoms. The highest BCUT2D eigenvalue weighted by molar-refractivity contribution is 9.11. The van der Waals surface area contributed by atoms with E-state index in [0.717, 1.165) is 8.95 Å². The van der Waals surface area contributed by atoms with E-state index in [2.05, 4.69) is 68.0 Å². The molecule has 0 unspecified atom stereocenters. The van der Waals surface area contributed by atoms with Gasteiger partial charge in [0.1, 0.15) is 0 Å². The topological polar surface area (TPSA) is 12.0 Å². The van der Waals surface area contributed by atoms with E-state index in [1.165, 1.54) is 35.6 Å². The number of anilines is 1. The third kappa shape index (κ3) is 3.17. The Morgan fingerprint density at radius 1 is 1.19 bits per heavy atom. The molecular weight excluding hydrogens is 350 g/mol. The number of hydrogen-bond donors (Lipinski definition) is 1. The van der Waals surface area contributed by atoms with Gasteiger partial charge in [0.2, 0.25) is 0 Å². The van der Waals surface area contributed by atoms with Gasteiger partial charge in [0.05, 0.1) is 5.69 Å². The fourth-order valence-electron chi connectivity index (χ4n) is 1.88. The van der Waals surface area contributed by atoms with Gasteiger partial charge in [-0.05, 0) is 80.8 Å². The van der Waals surface area contributed by atoms with Crippen LogP contribution in [0.5, 0.6) is 0 Å². The highest BCUT2D eigenvalue weighted by Gasteiger charge is 2.16. The van der Waals surface area contributed by atoms with Crippen molar-refractivity contribution in [1.82, 2.24) is 0 Å². The van der Waals surface area contributed by atoms with E-state index >= 15 is 0 Å². The Bertz CT molecular complexity index is 352. The lowest BCUT2D eigenvalue weighted by atomic mass is 10.1. The largest absolute Gasteiger partial charge is 0.380 e. The average Bonchev–Trinajstić information content (AvgIpc) is 2.25. The Labute approximate surface area is 118 Å². The van der Waals surface area contributed by atoms with Crippen molar-refractivity contribution >= 4 is 49.3 Å². The van der Waals surface area contributed by atoms with Gasteiger partial charge in [0.25, 0.3) is 0 Å². The van der Waals surface area contributed by atoms with Crippen molar-refractivity contribution in [3.63, 3.8) is 0 Å². The fraction of sp³-hybridized carbons (Fsp3) is 0.500. The summed E-state index contributed by atoms with van der Waals surface area (Å²) in [5.41, 5.74) is 2.46. The molecule has 0 radical (unpaired) electrons. The molecule has 1 aliphatic rings.